The highest BCUT2D eigenvalue weighted by atomic mass is 28.4. The van der Waals surface area contributed by atoms with Gasteiger partial charge in [0, 0.05) is 24.3 Å². The molecule has 45 heavy (non-hydrogen) atoms. The van der Waals surface area contributed by atoms with Gasteiger partial charge in [0.25, 0.3) is 14.2 Å². The zero-order valence-corrected chi connectivity index (χ0v) is 27.3. The number of carbonyl (C=O) groups is 1. The second-order valence-corrected chi connectivity index (χ2v) is 16.3. The Labute approximate surface area is 264 Å². The molecule has 0 bridgehead atoms. The maximum Gasteiger partial charge on any atom is 0.341 e. The normalized spacial score (nSPS) is 12.6. The smallest absolute Gasteiger partial charge is 0.341 e. The fourth-order valence-corrected chi connectivity index (χ4v) is 10.3. The summed E-state index contributed by atoms with van der Waals surface area (Å²) in [6, 6.07) is 28.4. The van der Waals surface area contributed by atoms with Crippen LogP contribution in [-0.2, 0) is 9.16 Å². The molecule has 0 aliphatic carbocycles. The number of rotatable bonds is 12. The molecule has 0 aliphatic rings. The van der Waals surface area contributed by atoms with E-state index in [0.29, 0.717) is 18.7 Å². The second-order valence-electron chi connectivity index (χ2n) is 12.0. The number of H-pyrrole nitrogens is 1. The number of benzene rings is 3. The summed E-state index contributed by atoms with van der Waals surface area (Å²) in [6.45, 7) is 9.31. The third kappa shape index (κ3) is 6.94. The fraction of sp³-hybridized carbons (Fsp3) is 0.278. The van der Waals surface area contributed by atoms with Crippen LogP contribution in [0.5, 0.6) is 17.4 Å². The third-order valence-electron chi connectivity index (χ3n) is 7.84. The number of carbonyl (C=O) groups excluding carboxylic acids is 1. The van der Waals surface area contributed by atoms with Crippen molar-refractivity contribution in [3.63, 3.8) is 0 Å². The van der Waals surface area contributed by atoms with Crippen LogP contribution >= 0.6 is 0 Å². The standard InChI is InChI=1S/C36H39FN2O5Si/c1-25(13-12-22-42-45(36(2,3)4,28-14-8-6-9-15-28)29-16-10-7-11-17-29)43-34-32(23-26-20-21-38-33(26)39-34)44-31-24-27(37)18-19-30(31)35(40)41-5/h6-11,14-21,23-25H,12-13,22H2,1-5H3,(H,38,39). The number of hydrogen-bond donors (Lipinski definition) is 1. The maximum absolute atomic E-state index is 14.2. The molecule has 2 aromatic heterocycles. The van der Waals surface area contributed by atoms with Crippen molar-refractivity contribution in [3.8, 4) is 17.4 Å². The highest BCUT2D eigenvalue weighted by Crippen LogP contribution is 2.38. The Morgan fingerprint density at radius 2 is 1.60 bits per heavy atom. The summed E-state index contributed by atoms with van der Waals surface area (Å²) in [7, 11) is -1.38. The van der Waals surface area contributed by atoms with Gasteiger partial charge in [-0.3, -0.25) is 0 Å². The summed E-state index contributed by atoms with van der Waals surface area (Å²) < 4.78 is 38.5. The summed E-state index contributed by atoms with van der Waals surface area (Å²) in [6.07, 6.45) is 2.96. The van der Waals surface area contributed by atoms with Gasteiger partial charge in [-0.1, -0.05) is 81.4 Å². The van der Waals surface area contributed by atoms with Crippen molar-refractivity contribution in [3.05, 3.63) is 109 Å². The molecular formula is C36H39FN2O5Si. The average Bonchev–Trinajstić information content (AvgIpc) is 3.48. The van der Waals surface area contributed by atoms with Gasteiger partial charge in [-0.25, -0.2) is 9.18 Å². The number of methoxy groups -OCH3 is 1. The average molecular weight is 627 g/mol. The molecule has 1 unspecified atom stereocenters. The zero-order chi connectivity index (χ0) is 32.0. The summed E-state index contributed by atoms with van der Waals surface area (Å²) in [5, 5.41) is 3.14. The third-order valence-corrected chi connectivity index (χ3v) is 12.9. The van der Waals surface area contributed by atoms with E-state index in [-0.39, 0.29) is 34.1 Å². The molecule has 7 nitrogen and oxygen atoms in total. The summed E-state index contributed by atoms with van der Waals surface area (Å²) >= 11 is 0. The SMILES string of the molecule is COC(=O)c1ccc(F)cc1Oc1cc2cc[nH]c2nc1OC(C)CCCO[Si](c1ccccc1)(c1ccccc1)C(C)(C)C. The molecule has 234 valence electrons. The van der Waals surface area contributed by atoms with Gasteiger partial charge in [0.1, 0.15) is 22.8 Å². The first-order chi connectivity index (χ1) is 21.6. The lowest BCUT2D eigenvalue weighted by Crippen LogP contribution is -2.66. The molecule has 3 aromatic carbocycles. The summed E-state index contributed by atoms with van der Waals surface area (Å²) in [5.74, 6) is -0.698. The van der Waals surface area contributed by atoms with E-state index in [9.17, 15) is 9.18 Å². The van der Waals surface area contributed by atoms with Crippen LogP contribution in [0.2, 0.25) is 5.04 Å². The molecule has 5 rings (SSSR count). The highest BCUT2D eigenvalue weighted by molar-refractivity contribution is 6.99. The van der Waals surface area contributed by atoms with Crippen LogP contribution in [0.1, 0.15) is 50.9 Å². The Morgan fingerprint density at radius 1 is 0.933 bits per heavy atom. The van der Waals surface area contributed by atoms with Crippen molar-refractivity contribution < 1.29 is 27.8 Å². The van der Waals surface area contributed by atoms with Crippen molar-refractivity contribution >= 4 is 35.7 Å². The van der Waals surface area contributed by atoms with Crippen molar-refractivity contribution in [2.45, 2.75) is 51.7 Å². The lowest BCUT2D eigenvalue weighted by atomic mass is 10.2. The first kappa shape index (κ1) is 31.9. The van der Waals surface area contributed by atoms with Gasteiger partial charge < -0.3 is 23.6 Å². The zero-order valence-electron chi connectivity index (χ0n) is 26.3. The molecular weight excluding hydrogens is 587 g/mol. The van der Waals surface area contributed by atoms with E-state index in [0.717, 1.165) is 17.9 Å². The van der Waals surface area contributed by atoms with E-state index >= 15 is 0 Å². The maximum atomic E-state index is 14.2. The van der Waals surface area contributed by atoms with Crippen LogP contribution in [-0.4, -0.2) is 44.1 Å². The molecule has 1 N–H and O–H groups in total. The Bertz CT molecular complexity index is 1700. The van der Waals surface area contributed by atoms with E-state index in [4.69, 9.17) is 18.6 Å². The topological polar surface area (TPSA) is 82.7 Å². The Balaban J connectivity index is 1.34. The van der Waals surface area contributed by atoms with Gasteiger partial charge in [0.05, 0.1) is 13.2 Å². The minimum atomic E-state index is -2.64. The van der Waals surface area contributed by atoms with E-state index in [1.54, 1.807) is 12.3 Å². The van der Waals surface area contributed by atoms with Gasteiger partial charge in [0.15, 0.2) is 5.75 Å². The quantitative estimate of drug-likeness (QED) is 0.0883. The molecule has 0 saturated heterocycles. The van der Waals surface area contributed by atoms with Crippen molar-refractivity contribution in [2.24, 2.45) is 0 Å². The van der Waals surface area contributed by atoms with Crippen molar-refractivity contribution in [1.29, 1.82) is 0 Å². The Kier molecular flexibility index (Phi) is 9.70. The first-order valence-electron chi connectivity index (χ1n) is 15.1. The van der Waals surface area contributed by atoms with E-state index < -0.39 is 20.1 Å². The first-order valence-corrected chi connectivity index (χ1v) is 17.0. The molecule has 1 atom stereocenters. The van der Waals surface area contributed by atoms with Crippen molar-refractivity contribution in [1.82, 2.24) is 9.97 Å². The number of nitrogens with one attached hydrogen (secondary N) is 1. The van der Waals surface area contributed by atoms with E-state index in [2.05, 4.69) is 79.3 Å². The number of pyridine rings is 1. The minimum Gasteiger partial charge on any atom is -0.472 e. The molecule has 0 aliphatic heterocycles. The van der Waals surface area contributed by atoms with E-state index in [1.165, 1.54) is 29.6 Å². The van der Waals surface area contributed by atoms with E-state index in [1.807, 2.05) is 25.1 Å². The largest absolute Gasteiger partial charge is 0.472 e. The number of halogens is 1. The lowest BCUT2D eigenvalue weighted by molar-refractivity contribution is 0.0597. The number of aromatic nitrogens is 2. The van der Waals surface area contributed by atoms with Gasteiger partial charge in [0.2, 0.25) is 0 Å². The molecule has 0 spiro atoms. The molecule has 9 heteroatoms. The predicted octanol–water partition coefficient (Wildman–Crippen LogP) is 7.41. The van der Waals surface area contributed by atoms with Crippen LogP contribution in [0.4, 0.5) is 4.39 Å². The minimum absolute atomic E-state index is 0.00902. The number of fused-ring (bicyclic) bond motifs is 1. The number of aromatic amines is 1. The van der Waals surface area contributed by atoms with Crippen LogP contribution < -0.4 is 19.8 Å². The molecule has 2 heterocycles. The Hall–Kier alpha value is -4.47. The number of ether oxygens (including phenoxy) is 3. The van der Waals surface area contributed by atoms with Gasteiger partial charge in [-0.15, -0.1) is 0 Å². The predicted molar refractivity (Wildman–Crippen MR) is 177 cm³/mol. The Morgan fingerprint density at radius 3 is 2.22 bits per heavy atom. The fourth-order valence-electron chi connectivity index (χ4n) is 5.69. The summed E-state index contributed by atoms with van der Waals surface area (Å²) in [4.78, 5) is 20.1. The van der Waals surface area contributed by atoms with Crippen molar-refractivity contribution in [2.75, 3.05) is 13.7 Å². The highest BCUT2D eigenvalue weighted by Gasteiger charge is 2.50. The van der Waals surface area contributed by atoms with Gasteiger partial charge in [-0.2, -0.15) is 4.98 Å². The number of hydrogen-bond acceptors (Lipinski definition) is 6. The molecule has 0 amide bonds. The molecule has 0 saturated carbocycles. The van der Waals surface area contributed by atoms with Crippen LogP contribution in [0.3, 0.4) is 0 Å². The van der Waals surface area contributed by atoms with Crippen LogP contribution in [0.15, 0.2) is 97.2 Å². The van der Waals surface area contributed by atoms with Gasteiger partial charge >= 0.3 is 5.97 Å². The summed E-state index contributed by atoms with van der Waals surface area (Å²) in [5.41, 5.74) is 0.708. The number of esters is 1. The molecule has 0 fully saturated rings. The van der Waals surface area contributed by atoms with Gasteiger partial charge in [-0.05, 0) is 59.4 Å². The van der Waals surface area contributed by atoms with Crippen LogP contribution in [0, 0.1) is 5.82 Å². The lowest BCUT2D eigenvalue weighted by Gasteiger charge is -2.43. The molecule has 0 radical (unpaired) electrons. The molecule has 5 aromatic rings. The van der Waals surface area contributed by atoms with Crippen LogP contribution in [0.25, 0.3) is 11.0 Å². The monoisotopic (exact) mass is 626 g/mol. The second kappa shape index (κ2) is 13.7. The number of nitrogens with zero attached hydrogens (tertiary/aromatic N) is 1.